The van der Waals surface area contributed by atoms with Crippen molar-refractivity contribution in [1.82, 2.24) is 5.32 Å². The van der Waals surface area contributed by atoms with Gasteiger partial charge in [0.25, 0.3) is 5.91 Å². The summed E-state index contributed by atoms with van der Waals surface area (Å²) in [6.45, 7) is 0. The number of aliphatic carboxylic acids is 1. The molecule has 0 aliphatic rings. The number of amides is 1. The zero-order chi connectivity index (χ0) is 17.8. The molecule has 7 heteroatoms. The van der Waals surface area contributed by atoms with Crippen LogP contribution in [0.1, 0.15) is 16.1 Å². The number of para-hydroxylation sites is 1. The topological polar surface area (TPSA) is 91.6 Å². The van der Waals surface area contributed by atoms with E-state index in [4.69, 9.17) is 21.7 Å². The van der Waals surface area contributed by atoms with E-state index in [2.05, 4.69) is 10.6 Å². The number of fused-ring (bicyclic) bond motifs is 1. The van der Waals surface area contributed by atoms with Crippen molar-refractivity contribution in [3.63, 3.8) is 0 Å². The zero-order valence-corrected chi connectivity index (χ0v) is 13.8. The van der Waals surface area contributed by atoms with Crippen molar-refractivity contribution < 1.29 is 19.1 Å². The molecule has 0 radical (unpaired) electrons. The molecule has 3 rings (SSSR count). The molecule has 6 nitrogen and oxygen atoms in total. The lowest BCUT2D eigenvalue weighted by molar-refractivity contribution is -0.136. The second-order valence-corrected chi connectivity index (χ2v) is 5.73. The van der Waals surface area contributed by atoms with Crippen LogP contribution in [0.15, 0.2) is 59.0 Å². The number of benzene rings is 2. The smallest absolute Gasteiger partial charge is 0.307 e. The lowest BCUT2D eigenvalue weighted by atomic mass is 10.1. The molecule has 0 bridgehead atoms. The molecule has 3 N–H and O–H groups in total. The number of hydrogen-bond acceptors (Lipinski definition) is 4. The minimum atomic E-state index is -0.894. The maximum Gasteiger partial charge on any atom is 0.307 e. The summed E-state index contributed by atoms with van der Waals surface area (Å²) in [5.41, 5.74) is 1.94. The average Bonchev–Trinajstić information content (AvgIpc) is 3.00. The lowest BCUT2D eigenvalue weighted by Gasteiger charge is -2.09. The van der Waals surface area contributed by atoms with E-state index in [9.17, 15) is 9.59 Å². The highest BCUT2D eigenvalue weighted by molar-refractivity contribution is 7.80. The first-order valence-corrected chi connectivity index (χ1v) is 7.84. The Balaban J connectivity index is 1.61. The van der Waals surface area contributed by atoms with Crippen LogP contribution in [-0.2, 0) is 11.2 Å². The summed E-state index contributed by atoms with van der Waals surface area (Å²) in [4.78, 5) is 22.9. The first-order chi connectivity index (χ1) is 12.0. The van der Waals surface area contributed by atoms with Crippen LogP contribution in [0, 0.1) is 0 Å². The van der Waals surface area contributed by atoms with Gasteiger partial charge in [0.2, 0.25) is 0 Å². The van der Waals surface area contributed by atoms with Crippen LogP contribution in [0.3, 0.4) is 0 Å². The van der Waals surface area contributed by atoms with Crippen LogP contribution in [0.25, 0.3) is 11.0 Å². The van der Waals surface area contributed by atoms with Crippen LogP contribution < -0.4 is 10.6 Å². The Labute approximate surface area is 148 Å². The summed E-state index contributed by atoms with van der Waals surface area (Å²) in [5, 5.41) is 15.1. The van der Waals surface area contributed by atoms with Gasteiger partial charge < -0.3 is 14.8 Å². The lowest BCUT2D eigenvalue weighted by Crippen LogP contribution is -2.33. The molecule has 1 aromatic heterocycles. The molecule has 126 valence electrons. The van der Waals surface area contributed by atoms with Crippen LogP contribution >= 0.6 is 12.2 Å². The summed E-state index contributed by atoms with van der Waals surface area (Å²) in [6, 6.07) is 15.7. The molecule has 0 aliphatic carbocycles. The number of carboxylic acid groups (broad SMARTS) is 1. The number of carbonyl (C=O) groups excluding carboxylic acids is 1. The fourth-order valence-electron chi connectivity index (χ4n) is 2.30. The maximum atomic E-state index is 12.2. The Hall–Kier alpha value is -3.19. The van der Waals surface area contributed by atoms with E-state index in [1.807, 2.05) is 18.2 Å². The van der Waals surface area contributed by atoms with Gasteiger partial charge >= 0.3 is 5.97 Å². The third kappa shape index (κ3) is 4.21. The molecule has 2 aromatic carbocycles. The highest BCUT2D eigenvalue weighted by atomic mass is 32.1. The van der Waals surface area contributed by atoms with Gasteiger partial charge in [0.05, 0.1) is 6.42 Å². The number of anilines is 1. The normalized spacial score (nSPS) is 10.4. The third-order valence-corrected chi connectivity index (χ3v) is 3.65. The van der Waals surface area contributed by atoms with Crippen LogP contribution in [-0.4, -0.2) is 22.1 Å². The quantitative estimate of drug-likeness (QED) is 0.623. The standard InChI is InChI=1S/C18H14N2O4S/c21-16(22)9-11-5-7-13(8-6-11)19-18(25)20-17(23)15-10-12-3-1-2-4-14(12)24-15/h1-8,10H,9H2,(H,21,22)(H2,19,20,23,25). The van der Waals surface area contributed by atoms with E-state index in [1.165, 1.54) is 0 Å². The van der Waals surface area contributed by atoms with Crippen molar-refractivity contribution in [2.24, 2.45) is 0 Å². The van der Waals surface area contributed by atoms with E-state index in [0.29, 0.717) is 16.8 Å². The highest BCUT2D eigenvalue weighted by Crippen LogP contribution is 2.18. The van der Waals surface area contributed by atoms with E-state index in [1.54, 1.807) is 36.4 Å². The van der Waals surface area contributed by atoms with Gasteiger partial charge in [0.1, 0.15) is 5.58 Å². The third-order valence-electron chi connectivity index (χ3n) is 3.44. The van der Waals surface area contributed by atoms with E-state index >= 15 is 0 Å². The summed E-state index contributed by atoms with van der Waals surface area (Å²) in [7, 11) is 0. The van der Waals surface area contributed by atoms with E-state index < -0.39 is 11.9 Å². The molecule has 0 spiro atoms. The number of hydrogen-bond donors (Lipinski definition) is 3. The number of furan rings is 1. The van der Waals surface area contributed by atoms with Crippen molar-refractivity contribution in [1.29, 1.82) is 0 Å². The Morgan fingerprint density at radius 3 is 2.48 bits per heavy atom. The zero-order valence-electron chi connectivity index (χ0n) is 13.0. The molecular weight excluding hydrogens is 340 g/mol. The molecule has 0 saturated carbocycles. The highest BCUT2D eigenvalue weighted by Gasteiger charge is 2.13. The van der Waals surface area contributed by atoms with Crippen molar-refractivity contribution in [3.05, 3.63) is 65.9 Å². The van der Waals surface area contributed by atoms with Crippen molar-refractivity contribution in [3.8, 4) is 0 Å². The predicted molar refractivity (Wildman–Crippen MR) is 97.7 cm³/mol. The molecule has 1 heterocycles. The van der Waals surface area contributed by atoms with Gasteiger partial charge in [0, 0.05) is 11.1 Å². The van der Waals surface area contributed by atoms with Crippen molar-refractivity contribution in [2.45, 2.75) is 6.42 Å². The van der Waals surface area contributed by atoms with Gasteiger partial charge in [-0.25, -0.2) is 0 Å². The number of rotatable bonds is 4. The van der Waals surface area contributed by atoms with E-state index in [0.717, 1.165) is 5.39 Å². The summed E-state index contributed by atoms with van der Waals surface area (Å²) >= 11 is 5.12. The van der Waals surface area contributed by atoms with E-state index in [-0.39, 0.29) is 17.3 Å². The molecule has 25 heavy (non-hydrogen) atoms. The minimum Gasteiger partial charge on any atom is -0.481 e. The largest absolute Gasteiger partial charge is 0.481 e. The molecule has 3 aromatic rings. The summed E-state index contributed by atoms with van der Waals surface area (Å²) < 4.78 is 5.48. The van der Waals surface area contributed by atoms with Gasteiger partial charge in [-0.1, -0.05) is 30.3 Å². The first kappa shape index (κ1) is 16.7. The number of nitrogens with one attached hydrogen (secondary N) is 2. The van der Waals surface area contributed by atoms with Crippen molar-refractivity contribution in [2.75, 3.05) is 5.32 Å². The first-order valence-electron chi connectivity index (χ1n) is 7.43. The molecule has 1 amide bonds. The van der Waals surface area contributed by atoms with Gasteiger partial charge in [-0.15, -0.1) is 0 Å². The second kappa shape index (κ2) is 7.14. The molecule has 0 saturated heterocycles. The SMILES string of the molecule is O=C(O)Cc1ccc(NC(=S)NC(=O)c2cc3ccccc3o2)cc1. The Bertz CT molecular complexity index is 914. The van der Waals surface area contributed by atoms with Gasteiger partial charge in [0.15, 0.2) is 10.9 Å². The van der Waals surface area contributed by atoms with Crippen LogP contribution in [0.2, 0.25) is 0 Å². The number of carbonyl (C=O) groups is 2. The monoisotopic (exact) mass is 354 g/mol. The summed E-state index contributed by atoms with van der Waals surface area (Å²) in [6.07, 6.45) is -0.0481. The Kier molecular flexibility index (Phi) is 4.76. The second-order valence-electron chi connectivity index (χ2n) is 5.32. The summed E-state index contributed by atoms with van der Waals surface area (Å²) in [5.74, 6) is -1.17. The van der Waals surface area contributed by atoms with Crippen molar-refractivity contribution >= 4 is 45.9 Å². The molecule has 0 unspecified atom stereocenters. The fraction of sp³-hybridized carbons (Fsp3) is 0.0556. The Morgan fingerprint density at radius 2 is 1.80 bits per heavy atom. The van der Waals surface area contributed by atoms with Crippen LogP contribution in [0.4, 0.5) is 5.69 Å². The van der Waals surface area contributed by atoms with Gasteiger partial charge in [-0.05, 0) is 42.0 Å². The molecular formula is C18H14N2O4S. The maximum absolute atomic E-state index is 12.2. The molecule has 0 atom stereocenters. The van der Waals surface area contributed by atoms with Gasteiger partial charge in [-0.3, -0.25) is 14.9 Å². The van der Waals surface area contributed by atoms with Gasteiger partial charge in [-0.2, -0.15) is 0 Å². The average molecular weight is 354 g/mol. The fourth-order valence-corrected chi connectivity index (χ4v) is 2.51. The Morgan fingerprint density at radius 1 is 1.08 bits per heavy atom. The number of carboxylic acids is 1. The minimum absolute atomic E-state index is 0.0481. The molecule has 0 fully saturated rings. The van der Waals surface area contributed by atoms with Crippen LogP contribution in [0.5, 0.6) is 0 Å². The number of thiocarbonyl (C=S) groups is 1. The predicted octanol–water partition coefficient (Wildman–Crippen LogP) is 3.19. The molecule has 0 aliphatic heterocycles.